The fourth-order valence-electron chi connectivity index (χ4n) is 5.64. The summed E-state index contributed by atoms with van der Waals surface area (Å²) in [5.74, 6) is -0.533. The third-order valence-corrected chi connectivity index (χ3v) is 6.47. The maximum atomic E-state index is 12.2. The van der Waals surface area contributed by atoms with Gasteiger partial charge in [-0.05, 0) is 55.9 Å². The molecule has 0 radical (unpaired) electrons. The Morgan fingerprint density at radius 3 is 3.10 bits per heavy atom. The average Bonchev–Trinajstić information content (AvgIpc) is 2.45. The van der Waals surface area contributed by atoms with Gasteiger partial charge in [0.2, 0.25) is 5.78 Å². The number of aliphatic hydroxyl groups excluding tert-OH is 1. The van der Waals surface area contributed by atoms with Gasteiger partial charge in [0.15, 0.2) is 5.76 Å². The average molecular weight is 289 g/mol. The summed E-state index contributed by atoms with van der Waals surface area (Å²) in [5.41, 5.74) is 0.716. The predicted molar refractivity (Wildman–Crippen MR) is 73.7 cm³/mol. The lowest BCUT2D eigenvalue weighted by molar-refractivity contribution is -0.229. The lowest BCUT2D eigenvalue weighted by Crippen LogP contribution is -2.76. The van der Waals surface area contributed by atoms with E-state index in [9.17, 15) is 15.0 Å². The first-order chi connectivity index (χ1) is 10.1. The van der Waals surface area contributed by atoms with Crippen molar-refractivity contribution < 1.29 is 19.7 Å². The molecule has 5 rings (SSSR count). The summed E-state index contributed by atoms with van der Waals surface area (Å²) in [4.78, 5) is 12.2. The van der Waals surface area contributed by atoms with Gasteiger partial charge in [-0.1, -0.05) is 0 Å². The van der Waals surface area contributed by atoms with Crippen molar-refractivity contribution in [2.75, 3.05) is 6.54 Å². The largest absolute Gasteiger partial charge is 0.504 e. The quantitative estimate of drug-likeness (QED) is 0.613. The van der Waals surface area contributed by atoms with E-state index >= 15 is 0 Å². The van der Waals surface area contributed by atoms with Crippen LogP contribution in [0, 0.1) is 5.41 Å². The number of Topliss-reactive ketones (excluding diaryl/α,β-unsaturated/α-hetero) is 1. The van der Waals surface area contributed by atoms with Crippen LogP contribution in [0.5, 0.6) is 0 Å². The van der Waals surface area contributed by atoms with Gasteiger partial charge in [0.05, 0.1) is 17.1 Å². The molecule has 1 spiro atoms. The van der Waals surface area contributed by atoms with Crippen LogP contribution in [0.25, 0.3) is 0 Å². The Kier molecular flexibility index (Phi) is 2.12. The SMILES string of the molecule is O=C1C(O)=CC2=C3C[C@H]4NCC[C@@]25C(CCC[C@@]45O)OC13. The molecular weight excluding hydrogens is 270 g/mol. The van der Waals surface area contributed by atoms with E-state index in [1.54, 1.807) is 6.08 Å². The molecule has 5 atom stereocenters. The number of nitrogens with one attached hydrogen (secondary N) is 1. The number of carbonyl (C=O) groups excluding carboxylic acids is 1. The van der Waals surface area contributed by atoms with Crippen LogP contribution >= 0.6 is 0 Å². The summed E-state index contributed by atoms with van der Waals surface area (Å²) in [7, 11) is 0. The van der Waals surface area contributed by atoms with E-state index in [0.29, 0.717) is 6.42 Å². The number of piperidine rings is 1. The van der Waals surface area contributed by atoms with Crippen molar-refractivity contribution >= 4 is 5.78 Å². The van der Waals surface area contributed by atoms with E-state index in [1.807, 2.05) is 0 Å². The third-order valence-electron chi connectivity index (χ3n) is 6.47. The van der Waals surface area contributed by atoms with Crippen LogP contribution in [0.3, 0.4) is 0 Å². The van der Waals surface area contributed by atoms with E-state index in [-0.39, 0.29) is 23.7 Å². The Bertz CT molecular complexity index is 624. The van der Waals surface area contributed by atoms with E-state index < -0.39 is 17.1 Å². The number of aliphatic hydroxyl groups is 2. The standard InChI is InChI=1S/C16H19NO4/c18-10-7-9-8-6-11-16(20)3-1-2-12(21-14(8)13(10)19)15(9,16)4-5-17-11/h7,11-12,14,17-18,20H,1-6H2/t11-,12?,14?,15+,16-/m1/s1. The summed E-state index contributed by atoms with van der Waals surface area (Å²) in [6.07, 6.45) is 4.88. The van der Waals surface area contributed by atoms with Crippen LogP contribution in [0.1, 0.15) is 32.1 Å². The number of hydrogen-bond donors (Lipinski definition) is 3. The maximum absolute atomic E-state index is 12.2. The van der Waals surface area contributed by atoms with Crippen molar-refractivity contribution in [1.82, 2.24) is 5.32 Å². The molecule has 3 N–H and O–H groups in total. The van der Waals surface area contributed by atoms with Crippen molar-refractivity contribution in [2.45, 2.75) is 56.0 Å². The lowest BCUT2D eigenvalue weighted by atomic mass is 9.46. The van der Waals surface area contributed by atoms with Gasteiger partial charge in [-0.25, -0.2) is 0 Å². The number of hydrogen-bond acceptors (Lipinski definition) is 5. The number of rotatable bonds is 0. The molecule has 21 heavy (non-hydrogen) atoms. The molecule has 2 heterocycles. The van der Waals surface area contributed by atoms with Crippen molar-refractivity contribution in [1.29, 1.82) is 0 Å². The van der Waals surface area contributed by atoms with Crippen LogP contribution in [-0.2, 0) is 9.53 Å². The fraction of sp³-hybridized carbons (Fsp3) is 0.688. The molecule has 2 fully saturated rings. The Morgan fingerprint density at radius 2 is 2.24 bits per heavy atom. The smallest absolute Gasteiger partial charge is 0.229 e. The first-order valence-electron chi connectivity index (χ1n) is 7.87. The maximum Gasteiger partial charge on any atom is 0.229 e. The van der Waals surface area contributed by atoms with Gasteiger partial charge < -0.3 is 20.3 Å². The first-order valence-corrected chi connectivity index (χ1v) is 7.87. The highest BCUT2D eigenvalue weighted by Crippen LogP contribution is 2.64. The van der Waals surface area contributed by atoms with Crippen LogP contribution in [0.4, 0.5) is 0 Å². The van der Waals surface area contributed by atoms with Crippen molar-refractivity contribution in [3.05, 3.63) is 23.0 Å². The number of allylic oxidation sites excluding steroid dienone is 1. The molecule has 2 unspecified atom stereocenters. The summed E-state index contributed by atoms with van der Waals surface area (Å²) >= 11 is 0. The van der Waals surface area contributed by atoms with Crippen LogP contribution in [0.2, 0.25) is 0 Å². The minimum Gasteiger partial charge on any atom is -0.504 e. The second-order valence-electron chi connectivity index (χ2n) is 7.09. The molecule has 1 saturated carbocycles. The molecule has 1 saturated heterocycles. The number of ketones is 1. The van der Waals surface area contributed by atoms with Gasteiger partial charge in [0, 0.05) is 6.04 Å². The normalized spacial score (nSPS) is 50.8. The molecule has 0 aromatic carbocycles. The molecule has 0 aromatic heterocycles. The molecule has 2 aliphatic heterocycles. The van der Waals surface area contributed by atoms with Gasteiger partial charge in [0.25, 0.3) is 0 Å². The van der Waals surface area contributed by atoms with Gasteiger partial charge in [-0.3, -0.25) is 4.79 Å². The Hall–Kier alpha value is -1.17. The molecule has 5 nitrogen and oxygen atoms in total. The third kappa shape index (κ3) is 1.16. The second-order valence-corrected chi connectivity index (χ2v) is 7.09. The highest BCUT2D eigenvalue weighted by atomic mass is 16.5. The molecule has 3 aliphatic carbocycles. The number of carbonyl (C=O) groups is 1. The highest BCUT2D eigenvalue weighted by molar-refractivity contribution is 6.01. The zero-order valence-electron chi connectivity index (χ0n) is 11.8. The lowest BCUT2D eigenvalue weighted by Gasteiger charge is -2.67. The van der Waals surface area contributed by atoms with Crippen molar-refractivity contribution in [3.8, 4) is 0 Å². The van der Waals surface area contributed by atoms with Crippen molar-refractivity contribution in [2.24, 2.45) is 5.41 Å². The van der Waals surface area contributed by atoms with Gasteiger partial charge in [-0.2, -0.15) is 0 Å². The first kappa shape index (κ1) is 12.4. The van der Waals surface area contributed by atoms with Crippen molar-refractivity contribution in [3.63, 3.8) is 0 Å². The van der Waals surface area contributed by atoms with Gasteiger partial charge in [-0.15, -0.1) is 0 Å². The molecular formula is C16H19NO4. The van der Waals surface area contributed by atoms with E-state index in [0.717, 1.165) is 43.4 Å². The minimum absolute atomic E-state index is 0.000595. The Morgan fingerprint density at radius 1 is 1.38 bits per heavy atom. The van der Waals surface area contributed by atoms with E-state index in [2.05, 4.69) is 5.32 Å². The molecule has 0 amide bonds. The molecule has 112 valence electrons. The van der Waals surface area contributed by atoms with Crippen LogP contribution < -0.4 is 5.32 Å². The molecule has 5 aliphatic rings. The molecule has 5 bridgehead atoms. The van der Waals surface area contributed by atoms with Crippen LogP contribution in [-0.4, -0.2) is 46.4 Å². The zero-order chi connectivity index (χ0) is 14.4. The highest BCUT2D eigenvalue weighted by Gasteiger charge is 2.69. The van der Waals surface area contributed by atoms with E-state index in [4.69, 9.17) is 4.74 Å². The number of ether oxygens (including phenoxy) is 1. The van der Waals surface area contributed by atoms with Gasteiger partial charge >= 0.3 is 0 Å². The summed E-state index contributed by atoms with van der Waals surface area (Å²) in [6.45, 7) is 0.844. The summed E-state index contributed by atoms with van der Waals surface area (Å²) < 4.78 is 6.12. The summed E-state index contributed by atoms with van der Waals surface area (Å²) in [5, 5.41) is 24.9. The van der Waals surface area contributed by atoms with Gasteiger partial charge in [0.1, 0.15) is 6.10 Å². The van der Waals surface area contributed by atoms with Crippen LogP contribution in [0.15, 0.2) is 23.0 Å². The fourth-order valence-corrected chi connectivity index (χ4v) is 5.64. The minimum atomic E-state index is -0.824. The zero-order valence-corrected chi connectivity index (χ0v) is 11.8. The summed E-state index contributed by atoms with van der Waals surface area (Å²) in [6, 6.07) is 0.000595. The Balaban J connectivity index is 1.82. The second kappa shape index (κ2) is 3.59. The Labute approximate surface area is 122 Å². The predicted octanol–water partition coefficient (Wildman–Crippen LogP) is 0.742. The molecule has 0 aromatic rings. The monoisotopic (exact) mass is 289 g/mol. The van der Waals surface area contributed by atoms with E-state index in [1.165, 1.54) is 0 Å². The molecule has 5 heteroatoms. The topological polar surface area (TPSA) is 78.8 Å².